The van der Waals surface area contributed by atoms with Crippen molar-refractivity contribution < 1.29 is 19.8 Å². The van der Waals surface area contributed by atoms with Crippen LogP contribution in [-0.4, -0.2) is 22.2 Å². The second kappa shape index (κ2) is 4.57. The monoisotopic (exact) mass is 234 g/mol. The average molecular weight is 234 g/mol. The number of rotatable bonds is 3. The van der Waals surface area contributed by atoms with Gasteiger partial charge in [-0.05, 0) is 36.5 Å². The Morgan fingerprint density at radius 3 is 2.12 bits per heavy atom. The molecule has 0 saturated heterocycles. The lowest BCUT2D eigenvalue weighted by Gasteiger charge is -2.11. The molecule has 1 aromatic carbocycles. The zero-order valence-corrected chi connectivity index (χ0v) is 9.35. The maximum atomic E-state index is 11.0. The Morgan fingerprint density at radius 1 is 1.00 bits per heavy atom. The van der Waals surface area contributed by atoms with Crippen molar-refractivity contribution in [2.24, 2.45) is 0 Å². The van der Waals surface area contributed by atoms with Crippen molar-refractivity contribution in [3.05, 3.63) is 34.9 Å². The molecular formula is C13H14O4. The molecule has 0 heterocycles. The highest BCUT2D eigenvalue weighted by molar-refractivity contribution is 6.01. The summed E-state index contributed by atoms with van der Waals surface area (Å²) in [4.78, 5) is 21.9. The first kappa shape index (κ1) is 11.6. The molecule has 17 heavy (non-hydrogen) atoms. The van der Waals surface area contributed by atoms with E-state index in [-0.39, 0.29) is 11.1 Å². The molecule has 0 unspecified atom stereocenters. The van der Waals surface area contributed by atoms with Crippen LogP contribution in [0.1, 0.15) is 57.9 Å². The Balaban J connectivity index is 2.41. The summed E-state index contributed by atoms with van der Waals surface area (Å²) >= 11 is 0. The zero-order chi connectivity index (χ0) is 12.4. The first-order valence-corrected chi connectivity index (χ1v) is 5.70. The van der Waals surface area contributed by atoms with Gasteiger partial charge >= 0.3 is 11.9 Å². The molecule has 1 aliphatic carbocycles. The predicted molar refractivity (Wildman–Crippen MR) is 61.6 cm³/mol. The molecule has 0 spiro atoms. The SMILES string of the molecule is O=C(O)c1ccc(C2CCCC2)cc1C(=O)O. The third kappa shape index (κ3) is 2.30. The molecule has 4 nitrogen and oxygen atoms in total. The van der Waals surface area contributed by atoms with Crippen LogP contribution in [-0.2, 0) is 0 Å². The smallest absolute Gasteiger partial charge is 0.336 e. The average Bonchev–Trinajstić information content (AvgIpc) is 2.81. The number of carboxylic acids is 2. The highest BCUT2D eigenvalue weighted by Gasteiger charge is 2.21. The van der Waals surface area contributed by atoms with Crippen LogP contribution in [0, 0.1) is 0 Å². The highest BCUT2D eigenvalue weighted by Crippen LogP contribution is 2.34. The molecule has 1 aromatic rings. The van der Waals surface area contributed by atoms with Crippen molar-refractivity contribution in [1.82, 2.24) is 0 Å². The molecule has 4 heteroatoms. The minimum Gasteiger partial charge on any atom is -0.478 e. The molecule has 0 atom stereocenters. The van der Waals surface area contributed by atoms with Crippen LogP contribution in [0.15, 0.2) is 18.2 Å². The van der Waals surface area contributed by atoms with E-state index in [0.29, 0.717) is 5.92 Å². The summed E-state index contributed by atoms with van der Waals surface area (Å²) in [6.45, 7) is 0. The molecule has 2 rings (SSSR count). The summed E-state index contributed by atoms with van der Waals surface area (Å²) in [6, 6.07) is 4.66. The van der Waals surface area contributed by atoms with Crippen molar-refractivity contribution in [2.45, 2.75) is 31.6 Å². The van der Waals surface area contributed by atoms with Crippen LogP contribution < -0.4 is 0 Å². The van der Waals surface area contributed by atoms with Gasteiger partial charge < -0.3 is 10.2 Å². The Morgan fingerprint density at radius 2 is 1.59 bits per heavy atom. The first-order chi connectivity index (χ1) is 8.09. The van der Waals surface area contributed by atoms with E-state index >= 15 is 0 Å². The Kier molecular flexibility index (Phi) is 3.13. The minimum absolute atomic E-state index is 0.109. The molecule has 0 amide bonds. The standard InChI is InChI=1S/C13H14O4/c14-12(15)10-6-5-9(7-11(10)13(16)17)8-3-1-2-4-8/h5-8H,1-4H2,(H,14,15)(H,16,17). The maximum Gasteiger partial charge on any atom is 0.336 e. The van der Waals surface area contributed by atoms with Crippen molar-refractivity contribution in [3.63, 3.8) is 0 Å². The number of hydrogen-bond donors (Lipinski definition) is 2. The molecule has 0 bridgehead atoms. The van der Waals surface area contributed by atoms with E-state index in [1.165, 1.54) is 12.1 Å². The van der Waals surface area contributed by atoms with Crippen LogP contribution >= 0.6 is 0 Å². The minimum atomic E-state index is -1.19. The number of benzene rings is 1. The van der Waals surface area contributed by atoms with E-state index in [1.807, 2.05) is 0 Å². The maximum absolute atomic E-state index is 11.0. The Bertz CT molecular complexity index is 458. The van der Waals surface area contributed by atoms with Gasteiger partial charge in [0.05, 0.1) is 11.1 Å². The summed E-state index contributed by atoms with van der Waals surface area (Å²) in [7, 11) is 0. The summed E-state index contributed by atoms with van der Waals surface area (Å²) in [5.74, 6) is -1.99. The summed E-state index contributed by atoms with van der Waals surface area (Å²) in [5.41, 5.74) is 0.700. The largest absolute Gasteiger partial charge is 0.478 e. The third-order valence-corrected chi connectivity index (χ3v) is 3.33. The van der Waals surface area contributed by atoms with Crippen LogP contribution in [0.5, 0.6) is 0 Å². The Hall–Kier alpha value is -1.84. The molecule has 1 aliphatic rings. The van der Waals surface area contributed by atoms with E-state index < -0.39 is 11.9 Å². The van der Waals surface area contributed by atoms with Gasteiger partial charge in [0.1, 0.15) is 0 Å². The fourth-order valence-electron chi connectivity index (χ4n) is 2.44. The van der Waals surface area contributed by atoms with Crippen LogP contribution in [0.4, 0.5) is 0 Å². The second-order valence-electron chi connectivity index (χ2n) is 4.40. The summed E-state index contributed by atoms with van der Waals surface area (Å²) < 4.78 is 0. The molecular weight excluding hydrogens is 220 g/mol. The molecule has 0 aliphatic heterocycles. The van der Waals surface area contributed by atoms with Crippen LogP contribution in [0.2, 0.25) is 0 Å². The second-order valence-corrected chi connectivity index (χ2v) is 4.40. The number of hydrogen-bond acceptors (Lipinski definition) is 2. The van der Waals surface area contributed by atoms with Crippen molar-refractivity contribution >= 4 is 11.9 Å². The van der Waals surface area contributed by atoms with Gasteiger partial charge in [-0.15, -0.1) is 0 Å². The van der Waals surface area contributed by atoms with E-state index in [0.717, 1.165) is 31.2 Å². The van der Waals surface area contributed by atoms with Gasteiger partial charge in [0.25, 0.3) is 0 Å². The molecule has 0 radical (unpaired) electrons. The van der Waals surface area contributed by atoms with E-state index in [2.05, 4.69) is 0 Å². The first-order valence-electron chi connectivity index (χ1n) is 5.70. The predicted octanol–water partition coefficient (Wildman–Crippen LogP) is 2.74. The van der Waals surface area contributed by atoms with Crippen LogP contribution in [0.25, 0.3) is 0 Å². The topological polar surface area (TPSA) is 74.6 Å². The van der Waals surface area contributed by atoms with Crippen molar-refractivity contribution in [1.29, 1.82) is 0 Å². The van der Waals surface area contributed by atoms with Gasteiger partial charge in [-0.2, -0.15) is 0 Å². The Labute approximate surface area is 98.9 Å². The van der Waals surface area contributed by atoms with E-state index in [9.17, 15) is 9.59 Å². The van der Waals surface area contributed by atoms with Crippen molar-refractivity contribution in [3.8, 4) is 0 Å². The zero-order valence-electron chi connectivity index (χ0n) is 9.35. The van der Waals surface area contributed by atoms with Crippen molar-refractivity contribution in [2.75, 3.05) is 0 Å². The van der Waals surface area contributed by atoms with Gasteiger partial charge in [0.2, 0.25) is 0 Å². The molecule has 2 N–H and O–H groups in total. The lowest BCUT2D eigenvalue weighted by Crippen LogP contribution is -2.09. The van der Waals surface area contributed by atoms with E-state index in [1.54, 1.807) is 6.07 Å². The number of carboxylic acid groups (broad SMARTS) is 2. The molecule has 1 saturated carbocycles. The van der Waals surface area contributed by atoms with Gasteiger partial charge in [0.15, 0.2) is 0 Å². The molecule has 90 valence electrons. The molecule has 0 aromatic heterocycles. The van der Waals surface area contributed by atoms with Gasteiger partial charge in [0, 0.05) is 0 Å². The highest BCUT2D eigenvalue weighted by atomic mass is 16.4. The quantitative estimate of drug-likeness (QED) is 0.843. The summed E-state index contributed by atoms with van der Waals surface area (Å²) in [6.07, 6.45) is 4.44. The van der Waals surface area contributed by atoms with E-state index in [4.69, 9.17) is 10.2 Å². The normalized spacial score (nSPS) is 16.0. The fourth-order valence-corrected chi connectivity index (χ4v) is 2.44. The summed E-state index contributed by atoms with van der Waals surface area (Å²) in [5, 5.41) is 17.9. The lowest BCUT2D eigenvalue weighted by atomic mass is 9.94. The molecule has 1 fully saturated rings. The van der Waals surface area contributed by atoms with Gasteiger partial charge in [-0.1, -0.05) is 18.9 Å². The fraction of sp³-hybridized carbons (Fsp3) is 0.385. The number of aromatic carboxylic acids is 2. The lowest BCUT2D eigenvalue weighted by molar-refractivity contribution is 0.0651. The van der Waals surface area contributed by atoms with Crippen LogP contribution in [0.3, 0.4) is 0 Å². The van der Waals surface area contributed by atoms with Gasteiger partial charge in [-0.25, -0.2) is 9.59 Å². The number of carbonyl (C=O) groups is 2. The van der Waals surface area contributed by atoms with Gasteiger partial charge in [-0.3, -0.25) is 0 Å². The third-order valence-electron chi connectivity index (χ3n) is 3.33.